The zero-order chi connectivity index (χ0) is 38.7. The number of hydrogen-bond donors (Lipinski definition) is 0. The summed E-state index contributed by atoms with van der Waals surface area (Å²) in [6, 6.07) is 9.28. The monoisotopic (exact) mass is 804 g/mol. The van der Waals surface area contributed by atoms with Crippen LogP contribution in [0.1, 0.15) is 109 Å². The Hall–Kier alpha value is -0.632. The first kappa shape index (κ1) is 49.4. The Bertz CT molecular complexity index is 824. The first-order chi connectivity index (χ1) is 25.1. The van der Waals surface area contributed by atoms with Gasteiger partial charge in [-0.25, -0.2) is 0 Å². The van der Waals surface area contributed by atoms with E-state index in [4.69, 9.17) is 35.4 Å². The summed E-state index contributed by atoms with van der Waals surface area (Å²) in [4.78, 5) is 5.11. The third-order valence-electron chi connectivity index (χ3n) is 9.50. The summed E-state index contributed by atoms with van der Waals surface area (Å²) in [5.41, 5.74) is 4.15. The van der Waals surface area contributed by atoms with E-state index in [0.717, 1.165) is 51.9 Å². The SMILES string of the molecule is CCO[SiH](OCC)C(C)CCN(CCC(C)[SiH](OCC)OCC)c1ccc(N(CCC(C)[SiH](OCC)OCC)CCC(C)[SiH](OCC)OCC)cc1. The van der Waals surface area contributed by atoms with Crippen LogP contribution in [0.2, 0.25) is 22.2 Å². The van der Waals surface area contributed by atoms with Crippen molar-refractivity contribution in [2.45, 2.75) is 131 Å². The van der Waals surface area contributed by atoms with Crippen LogP contribution >= 0.6 is 0 Å². The van der Waals surface area contributed by atoms with Crippen molar-refractivity contribution in [2.75, 3.05) is 88.8 Å². The van der Waals surface area contributed by atoms with E-state index in [1.165, 1.54) is 11.4 Å². The highest BCUT2D eigenvalue weighted by atomic mass is 28.3. The minimum atomic E-state index is -1.74. The molecule has 0 fully saturated rings. The normalized spacial score (nSPS) is 14.5. The van der Waals surface area contributed by atoms with E-state index in [1.807, 2.05) is 0 Å². The molecular formula is C38H80N2O8Si4. The van der Waals surface area contributed by atoms with Crippen molar-refractivity contribution in [2.24, 2.45) is 0 Å². The molecule has 0 N–H and O–H groups in total. The number of anilines is 2. The molecule has 14 heteroatoms. The van der Waals surface area contributed by atoms with E-state index in [-0.39, 0.29) is 0 Å². The van der Waals surface area contributed by atoms with Gasteiger partial charge >= 0.3 is 37.1 Å². The molecule has 4 atom stereocenters. The number of benzene rings is 1. The fraction of sp³-hybridized carbons (Fsp3) is 0.842. The van der Waals surface area contributed by atoms with Gasteiger partial charge in [0.05, 0.1) is 0 Å². The second kappa shape index (κ2) is 30.6. The zero-order valence-corrected chi connectivity index (χ0v) is 40.0. The topological polar surface area (TPSA) is 80.3 Å². The molecule has 0 amide bonds. The largest absolute Gasteiger partial charge is 0.397 e. The summed E-state index contributed by atoms with van der Waals surface area (Å²) in [5.74, 6) is 0. The Kier molecular flexibility index (Phi) is 29.0. The van der Waals surface area contributed by atoms with Crippen LogP contribution in [0.15, 0.2) is 24.3 Å². The fourth-order valence-electron chi connectivity index (χ4n) is 6.42. The summed E-state index contributed by atoms with van der Waals surface area (Å²) in [7, 11) is -6.96. The van der Waals surface area contributed by atoms with Crippen LogP contribution in [0.3, 0.4) is 0 Å². The highest BCUT2D eigenvalue weighted by Crippen LogP contribution is 2.28. The van der Waals surface area contributed by atoms with Gasteiger partial charge in [-0.15, -0.1) is 0 Å². The lowest BCUT2D eigenvalue weighted by Gasteiger charge is -2.32. The van der Waals surface area contributed by atoms with Crippen LogP contribution in [0.5, 0.6) is 0 Å². The fourth-order valence-corrected chi connectivity index (χ4v) is 13.7. The van der Waals surface area contributed by atoms with Crippen LogP contribution in [-0.2, 0) is 35.4 Å². The van der Waals surface area contributed by atoms with Gasteiger partial charge in [-0.05, 0) is 128 Å². The Morgan fingerprint density at radius 3 is 0.692 bits per heavy atom. The van der Waals surface area contributed by atoms with Gasteiger partial charge in [-0.3, -0.25) is 0 Å². The maximum absolute atomic E-state index is 6.11. The molecule has 1 aromatic rings. The Morgan fingerprint density at radius 1 is 0.365 bits per heavy atom. The van der Waals surface area contributed by atoms with Crippen LogP contribution in [0.25, 0.3) is 0 Å². The molecule has 0 saturated carbocycles. The first-order valence-electron chi connectivity index (χ1n) is 20.7. The number of hydrogen-bond acceptors (Lipinski definition) is 10. The van der Waals surface area contributed by atoms with E-state index in [0.29, 0.717) is 75.0 Å². The first-order valence-corrected chi connectivity index (χ1v) is 27.1. The molecule has 1 aromatic carbocycles. The average Bonchev–Trinajstić information content (AvgIpc) is 3.14. The van der Waals surface area contributed by atoms with Crippen molar-refractivity contribution in [3.63, 3.8) is 0 Å². The van der Waals surface area contributed by atoms with Crippen molar-refractivity contribution in [3.8, 4) is 0 Å². The molecule has 0 heterocycles. The van der Waals surface area contributed by atoms with Gasteiger partial charge in [0.25, 0.3) is 0 Å². The van der Waals surface area contributed by atoms with Gasteiger partial charge in [0.1, 0.15) is 0 Å². The minimum Gasteiger partial charge on any atom is -0.397 e. The Morgan fingerprint density at radius 2 is 0.538 bits per heavy atom. The van der Waals surface area contributed by atoms with Crippen LogP contribution in [-0.4, -0.2) is 116 Å². The molecule has 52 heavy (non-hydrogen) atoms. The average molecular weight is 805 g/mol. The lowest BCUT2D eigenvalue weighted by Crippen LogP contribution is -2.35. The predicted molar refractivity (Wildman–Crippen MR) is 229 cm³/mol. The lowest BCUT2D eigenvalue weighted by atomic mass is 10.2. The summed E-state index contributed by atoms with van der Waals surface area (Å²) in [6.07, 6.45) is 4.12. The van der Waals surface area contributed by atoms with Gasteiger partial charge in [0.2, 0.25) is 0 Å². The molecule has 0 bridgehead atoms. The highest BCUT2D eigenvalue weighted by Gasteiger charge is 2.27. The number of nitrogens with zero attached hydrogens (tertiary/aromatic N) is 2. The molecule has 10 nitrogen and oxygen atoms in total. The molecule has 0 saturated heterocycles. The molecule has 0 aliphatic heterocycles. The molecule has 1 rings (SSSR count). The molecule has 0 aliphatic carbocycles. The van der Waals surface area contributed by atoms with Gasteiger partial charge in [-0.2, -0.15) is 0 Å². The van der Waals surface area contributed by atoms with Gasteiger partial charge in [0, 0.05) is 90.4 Å². The highest BCUT2D eigenvalue weighted by molar-refractivity contribution is 6.47. The molecule has 0 radical (unpaired) electrons. The smallest absolute Gasteiger partial charge is 0.324 e. The van der Waals surface area contributed by atoms with E-state index >= 15 is 0 Å². The van der Waals surface area contributed by atoms with Crippen molar-refractivity contribution < 1.29 is 35.4 Å². The van der Waals surface area contributed by atoms with Crippen LogP contribution in [0.4, 0.5) is 11.4 Å². The standard InChI is InChI=1S/C38H80N2O8Si4/c1-13-41-49(42-14-2)33(9)25-29-39(30-26-34(10)50(43-15-3)44-16-4)37-21-23-38(24-22-37)40(31-27-35(11)51(45-17-5)46-18-6)32-28-36(12)52(47-19-7)48-20-8/h21-24,33-36,49-52H,13-20,25-32H2,1-12H3. The quantitative estimate of drug-likeness (QED) is 0.0651. The number of rotatable bonds is 34. The Balaban J connectivity index is 3.32. The molecule has 4 unspecified atom stereocenters. The zero-order valence-electron chi connectivity index (χ0n) is 35.4. The van der Waals surface area contributed by atoms with Crippen LogP contribution < -0.4 is 9.80 Å². The summed E-state index contributed by atoms with van der Waals surface area (Å²) < 4.78 is 48.9. The van der Waals surface area contributed by atoms with E-state index in [1.54, 1.807) is 0 Å². The van der Waals surface area contributed by atoms with E-state index < -0.39 is 37.1 Å². The van der Waals surface area contributed by atoms with Crippen molar-refractivity contribution >= 4 is 48.5 Å². The predicted octanol–water partition coefficient (Wildman–Crippen LogP) is 7.59. The van der Waals surface area contributed by atoms with Crippen LogP contribution in [0, 0.1) is 0 Å². The molecular weight excluding hydrogens is 725 g/mol. The van der Waals surface area contributed by atoms with Gasteiger partial charge in [0.15, 0.2) is 0 Å². The van der Waals surface area contributed by atoms with Gasteiger partial charge in [-0.1, -0.05) is 27.7 Å². The third-order valence-corrected chi connectivity index (χ3v) is 19.8. The maximum atomic E-state index is 6.11. The second-order valence-corrected chi connectivity index (χ2v) is 23.8. The summed E-state index contributed by atoms with van der Waals surface area (Å²) >= 11 is 0. The molecule has 306 valence electrons. The summed E-state index contributed by atoms with van der Waals surface area (Å²) in [5, 5.41) is 0. The third kappa shape index (κ3) is 19.3. The van der Waals surface area contributed by atoms with E-state index in [9.17, 15) is 0 Å². The lowest BCUT2D eigenvalue weighted by molar-refractivity contribution is 0.203. The Labute approximate surface area is 326 Å². The minimum absolute atomic E-state index is 0.411. The summed E-state index contributed by atoms with van der Waals surface area (Å²) in [6.45, 7) is 35.2. The van der Waals surface area contributed by atoms with Crippen molar-refractivity contribution in [1.82, 2.24) is 0 Å². The van der Waals surface area contributed by atoms with Crippen molar-refractivity contribution in [1.29, 1.82) is 0 Å². The van der Waals surface area contributed by atoms with Crippen molar-refractivity contribution in [3.05, 3.63) is 24.3 Å². The molecule has 0 aliphatic rings. The molecule has 0 aromatic heterocycles. The van der Waals surface area contributed by atoms with Gasteiger partial charge < -0.3 is 45.2 Å². The molecule has 0 spiro atoms. The second-order valence-electron chi connectivity index (χ2n) is 13.7. The van der Waals surface area contributed by atoms with E-state index in [2.05, 4.69) is 117 Å². The maximum Gasteiger partial charge on any atom is 0.324 e.